The van der Waals surface area contributed by atoms with Gasteiger partial charge in [0, 0.05) is 5.92 Å². The second-order valence-corrected chi connectivity index (χ2v) is 16.4. The van der Waals surface area contributed by atoms with Crippen LogP contribution in [0.15, 0.2) is 0 Å². The molecule has 0 radical (unpaired) electrons. The second-order valence-electron chi connectivity index (χ2n) is 15.0. The maximum atomic E-state index is 13.2. The van der Waals surface area contributed by atoms with E-state index in [2.05, 4.69) is 35.0 Å². The molecule has 0 bridgehead atoms. The minimum atomic E-state index is -0.484. The summed E-state index contributed by atoms with van der Waals surface area (Å²) in [5.41, 5.74) is 0.352. The van der Waals surface area contributed by atoms with Crippen LogP contribution < -0.4 is 0 Å². The molecule has 0 aromatic heterocycles. The van der Waals surface area contributed by atoms with Gasteiger partial charge in [-0.15, -0.1) is 0 Å². The lowest BCUT2D eigenvalue weighted by atomic mass is 9.95. The van der Waals surface area contributed by atoms with Crippen LogP contribution in [0.4, 0.5) is 0 Å². The van der Waals surface area contributed by atoms with Crippen LogP contribution in [0, 0.1) is 5.92 Å². The molecular weight excluding hydrogens is 545 g/mol. The van der Waals surface area contributed by atoms with Gasteiger partial charge < -0.3 is 9.59 Å². The standard InChI is InChI=1S/C39H81NO2P/c1-6-8-10-12-14-16-18-20-21-22-23-25-27-29-31-33-35-37(39(42)43-38(41)36-40(3,4)5)34-32-30-28-26-24-19-17-15-13-11-9-7-2/h37-38,41,43H,6-36H2,1-5H3/q+1. The van der Waals surface area contributed by atoms with Gasteiger partial charge in [0.25, 0.3) is 0 Å². The van der Waals surface area contributed by atoms with Crippen LogP contribution in [-0.4, -0.2) is 48.6 Å². The van der Waals surface area contributed by atoms with Crippen molar-refractivity contribution in [1.29, 1.82) is 0 Å². The van der Waals surface area contributed by atoms with Gasteiger partial charge in [-0.05, 0) is 21.4 Å². The molecule has 0 aromatic carbocycles. The number of quaternary nitrogens is 1. The van der Waals surface area contributed by atoms with Crippen LogP contribution in [0.2, 0.25) is 0 Å². The topological polar surface area (TPSA) is 37.3 Å². The van der Waals surface area contributed by atoms with Gasteiger partial charge in [-0.3, -0.25) is 4.79 Å². The van der Waals surface area contributed by atoms with Crippen molar-refractivity contribution in [3.63, 3.8) is 0 Å². The van der Waals surface area contributed by atoms with E-state index in [1.54, 1.807) is 0 Å². The number of rotatable bonds is 35. The Morgan fingerprint density at radius 2 is 0.744 bits per heavy atom. The van der Waals surface area contributed by atoms with Crippen molar-refractivity contribution >= 4 is 14.1 Å². The number of hydrogen-bond acceptors (Lipinski definition) is 2. The number of aliphatic hydroxyl groups excluding tert-OH is 1. The number of nitrogens with zero attached hydrogens (tertiary/aromatic N) is 1. The molecule has 0 amide bonds. The number of carbonyl (C=O) groups is 1. The first-order chi connectivity index (χ1) is 20.8. The van der Waals surface area contributed by atoms with Gasteiger partial charge in [0.15, 0.2) is 5.52 Å². The number of aliphatic hydroxyl groups is 1. The summed E-state index contributed by atoms with van der Waals surface area (Å²) >= 11 is 0. The number of unbranched alkanes of at least 4 members (excludes halogenated alkanes) is 26. The first kappa shape index (κ1) is 43.0. The summed E-state index contributed by atoms with van der Waals surface area (Å²) in [6.07, 6.45) is 40.6. The van der Waals surface area contributed by atoms with Gasteiger partial charge in [-0.2, -0.15) is 0 Å². The Kier molecular flexibility index (Phi) is 32.0. The van der Waals surface area contributed by atoms with E-state index in [9.17, 15) is 9.90 Å². The Bertz CT molecular complexity index is 576. The highest BCUT2D eigenvalue weighted by Gasteiger charge is 2.24. The fourth-order valence-electron chi connectivity index (χ4n) is 6.42. The molecule has 4 heteroatoms. The lowest BCUT2D eigenvalue weighted by Crippen LogP contribution is -2.40. The molecule has 1 N–H and O–H groups in total. The van der Waals surface area contributed by atoms with E-state index in [1.807, 2.05) is 0 Å². The second kappa shape index (κ2) is 32.0. The van der Waals surface area contributed by atoms with Crippen molar-refractivity contribution in [3.8, 4) is 0 Å². The van der Waals surface area contributed by atoms with Crippen molar-refractivity contribution in [2.45, 2.75) is 212 Å². The Balaban J connectivity index is 4.04. The molecule has 43 heavy (non-hydrogen) atoms. The zero-order valence-corrected chi connectivity index (χ0v) is 31.4. The van der Waals surface area contributed by atoms with Crippen molar-refractivity contribution < 1.29 is 14.4 Å². The van der Waals surface area contributed by atoms with Crippen molar-refractivity contribution in [3.05, 3.63) is 0 Å². The van der Waals surface area contributed by atoms with Gasteiger partial charge in [0.2, 0.25) is 0 Å². The summed E-state index contributed by atoms with van der Waals surface area (Å²) in [5.74, 6) is -0.307. The third kappa shape index (κ3) is 33.2. The van der Waals surface area contributed by atoms with Crippen molar-refractivity contribution in [2.75, 3.05) is 27.7 Å². The Hall–Kier alpha value is 0.0200. The van der Waals surface area contributed by atoms with Crippen LogP contribution in [0.1, 0.15) is 206 Å². The summed E-state index contributed by atoms with van der Waals surface area (Å²) in [6, 6.07) is 0. The summed E-state index contributed by atoms with van der Waals surface area (Å²) in [4.78, 5) is 13.2. The quantitative estimate of drug-likeness (QED) is 0.0432. The molecule has 0 saturated carbocycles. The third-order valence-electron chi connectivity index (χ3n) is 9.21. The first-order valence-electron chi connectivity index (χ1n) is 19.6. The molecule has 3 atom stereocenters. The van der Waals surface area contributed by atoms with Crippen LogP contribution in [0.25, 0.3) is 0 Å². The SMILES string of the molecule is CCCCCCCCCCCCCCCCCCC(CCCCCCCCCCCCCC)C(=O)PC(O)C[N+](C)(C)C. The van der Waals surface area contributed by atoms with E-state index in [0.29, 0.717) is 16.6 Å². The van der Waals surface area contributed by atoms with Crippen molar-refractivity contribution in [1.82, 2.24) is 0 Å². The highest BCUT2D eigenvalue weighted by Crippen LogP contribution is 2.30. The number of hydrogen-bond donors (Lipinski definition) is 1. The predicted octanol–water partition coefficient (Wildman–Crippen LogP) is 12.6. The van der Waals surface area contributed by atoms with Crippen LogP contribution in [-0.2, 0) is 4.79 Å². The van der Waals surface area contributed by atoms with Gasteiger partial charge >= 0.3 is 0 Å². The zero-order chi connectivity index (χ0) is 31.9. The number of likely N-dealkylation sites (N-methyl/N-ethyl adjacent to an activating group) is 1. The van der Waals surface area contributed by atoms with E-state index in [-0.39, 0.29) is 14.5 Å². The predicted molar refractivity (Wildman–Crippen MR) is 196 cm³/mol. The molecule has 0 spiro atoms. The minimum Gasteiger partial charge on any atom is -0.383 e. The van der Waals surface area contributed by atoms with Gasteiger partial charge in [-0.25, -0.2) is 0 Å². The van der Waals surface area contributed by atoms with Crippen LogP contribution in [0.5, 0.6) is 0 Å². The van der Waals surface area contributed by atoms with Gasteiger partial charge in [0.05, 0.1) is 21.1 Å². The lowest BCUT2D eigenvalue weighted by molar-refractivity contribution is -0.871. The molecule has 0 aromatic rings. The average molecular weight is 627 g/mol. The maximum absolute atomic E-state index is 13.2. The summed E-state index contributed by atoms with van der Waals surface area (Å²) in [5, 5.41) is 10.6. The lowest BCUT2D eigenvalue weighted by Gasteiger charge is -2.27. The Morgan fingerprint density at radius 1 is 0.488 bits per heavy atom. The zero-order valence-electron chi connectivity index (χ0n) is 30.4. The summed E-state index contributed by atoms with van der Waals surface area (Å²) in [7, 11) is 6.34. The molecule has 0 aliphatic carbocycles. The average Bonchev–Trinajstić information content (AvgIpc) is 2.95. The molecule has 0 rings (SSSR count). The molecule has 258 valence electrons. The Labute approximate surface area is 273 Å². The monoisotopic (exact) mass is 627 g/mol. The van der Waals surface area contributed by atoms with E-state index in [1.165, 1.54) is 180 Å². The van der Waals surface area contributed by atoms with Crippen LogP contribution >= 0.6 is 8.58 Å². The molecule has 0 aliphatic heterocycles. The normalized spacial score (nSPS) is 13.7. The van der Waals surface area contributed by atoms with E-state index < -0.39 is 5.85 Å². The largest absolute Gasteiger partial charge is 0.383 e. The van der Waals surface area contributed by atoms with Crippen molar-refractivity contribution in [2.24, 2.45) is 5.92 Å². The molecule has 0 saturated heterocycles. The van der Waals surface area contributed by atoms with E-state index in [0.717, 1.165) is 12.8 Å². The minimum absolute atomic E-state index is 0.0567. The molecule has 0 heterocycles. The molecule has 0 fully saturated rings. The smallest absolute Gasteiger partial charge is 0.157 e. The summed E-state index contributed by atoms with van der Waals surface area (Å²) in [6.45, 7) is 5.24. The van der Waals surface area contributed by atoms with E-state index >= 15 is 0 Å². The first-order valence-corrected chi connectivity index (χ1v) is 20.7. The van der Waals surface area contributed by atoms with Crippen LogP contribution in [0.3, 0.4) is 0 Å². The Morgan fingerprint density at radius 3 is 1.00 bits per heavy atom. The number of carbonyl (C=O) groups excluding carboxylic acids is 1. The highest BCUT2D eigenvalue weighted by molar-refractivity contribution is 7.58. The molecule has 0 aliphatic rings. The van der Waals surface area contributed by atoms with E-state index in [4.69, 9.17) is 0 Å². The fraction of sp³-hybridized carbons (Fsp3) is 0.974. The highest BCUT2D eigenvalue weighted by atomic mass is 31.1. The molecule has 3 nitrogen and oxygen atoms in total. The molecular formula is C39H81NO2P+. The summed E-state index contributed by atoms with van der Waals surface area (Å²) < 4.78 is 0.712. The maximum Gasteiger partial charge on any atom is 0.157 e. The third-order valence-corrected chi connectivity index (χ3v) is 10.4. The van der Waals surface area contributed by atoms with Gasteiger partial charge in [0.1, 0.15) is 12.4 Å². The molecule has 3 unspecified atom stereocenters. The fourth-order valence-corrected chi connectivity index (χ4v) is 7.92. The van der Waals surface area contributed by atoms with Gasteiger partial charge in [-0.1, -0.05) is 194 Å².